The van der Waals surface area contributed by atoms with E-state index in [0.717, 1.165) is 38.8 Å². The average molecular weight is 269 g/mol. The van der Waals surface area contributed by atoms with Gasteiger partial charge in [0.25, 0.3) is 0 Å². The van der Waals surface area contributed by atoms with Crippen LogP contribution in [0.2, 0.25) is 0 Å². The second-order valence-corrected chi connectivity index (χ2v) is 5.58. The molecule has 1 saturated carbocycles. The molecule has 1 heterocycles. The number of carbonyl (C=O) groups is 2. The summed E-state index contributed by atoms with van der Waals surface area (Å²) in [6.45, 7) is 1.87. The van der Waals surface area contributed by atoms with Crippen LogP contribution in [0, 0.1) is 5.92 Å². The molecule has 2 rings (SSSR count). The van der Waals surface area contributed by atoms with Crippen molar-refractivity contribution in [3.63, 3.8) is 0 Å². The lowest BCUT2D eigenvalue weighted by molar-refractivity contribution is -0.137. The lowest BCUT2D eigenvalue weighted by Crippen LogP contribution is -2.51. The Labute approximate surface area is 113 Å². The van der Waals surface area contributed by atoms with Crippen LogP contribution in [0.5, 0.6) is 0 Å². The van der Waals surface area contributed by atoms with E-state index in [4.69, 9.17) is 5.11 Å². The number of urea groups is 1. The predicted molar refractivity (Wildman–Crippen MR) is 71.0 cm³/mol. The van der Waals surface area contributed by atoms with Crippen LogP contribution < -0.4 is 10.6 Å². The summed E-state index contributed by atoms with van der Waals surface area (Å²) < 4.78 is 0. The molecule has 108 valence electrons. The van der Waals surface area contributed by atoms with Crippen LogP contribution in [0.3, 0.4) is 0 Å². The number of aliphatic carboxylic acids is 1. The van der Waals surface area contributed by atoms with Gasteiger partial charge in [0.15, 0.2) is 0 Å². The highest BCUT2D eigenvalue weighted by Crippen LogP contribution is 2.34. The highest BCUT2D eigenvalue weighted by Gasteiger charge is 2.35. The van der Waals surface area contributed by atoms with Gasteiger partial charge in [-0.2, -0.15) is 0 Å². The standard InChI is InChI=1S/C13H23N3O3/c1-16(10-4-6-14-7-5-10)13(19)15-11(8-12(17)18)9-2-3-9/h9-11,14H,2-8H2,1H3,(H,15,19)(H,17,18). The Bertz CT molecular complexity index is 338. The molecule has 0 bridgehead atoms. The minimum Gasteiger partial charge on any atom is -0.481 e. The molecule has 0 aromatic carbocycles. The molecule has 0 radical (unpaired) electrons. The minimum atomic E-state index is -0.846. The van der Waals surface area contributed by atoms with Gasteiger partial charge < -0.3 is 20.6 Å². The molecule has 6 heteroatoms. The van der Waals surface area contributed by atoms with E-state index < -0.39 is 5.97 Å². The van der Waals surface area contributed by atoms with Crippen LogP contribution >= 0.6 is 0 Å². The number of carboxylic acids is 1. The average Bonchev–Trinajstić information content (AvgIpc) is 3.21. The van der Waals surface area contributed by atoms with Gasteiger partial charge in [0.2, 0.25) is 0 Å². The van der Waals surface area contributed by atoms with Crippen LogP contribution in [0.1, 0.15) is 32.1 Å². The van der Waals surface area contributed by atoms with Gasteiger partial charge in [-0.3, -0.25) is 4.79 Å². The molecule has 0 aromatic rings. The minimum absolute atomic E-state index is 0.0243. The van der Waals surface area contributed by atoms with Crippen molar-refractivity contribution in [2.45, 2.75) is 44.2 Å². The number of piperidine rings is 1. The third-order valence-corrected chi connectivity index (χ3v) is 4.07. The number of carboxylic acid groups (broad SMARTS) is 1. The highest BCUT2D eigenvalue weighted by molar-refractivity contribution is 5.76. The van der Waals surface area contributed by atoms with Crippen molar-refractivity contribution in [3.05, 3.63) is 0 Å². The first-order valence-corrected chi connectivity index (χ1v) is 7.03. The molecular formula is C13H23N3O3. The molecule has 1 saturated heterocycles. The maximum absolute atomic E-state index is 12.2. The molecule has 2 aliphatic rings. The van der Waals surface area contributed by atoms with Crippen LogP contribution in [-0.2, 0) is 4.79 Å². The molecule has 3 N–H and O–H groups in total. The van der Waals surface area contributed by atoms with Crippen molar-refractivity contribution in [1.82, 2.24) is 15.5 Å². The van der Waals surface area contributed by atoms with Crippen molar-refractivity contribution in [3.8, 4) is 0 Å². The summed E-state index contributed by atoms with van der Waals surface area (Å²) >= 11 is 0. The maximum atomic E-state index is 12.2. The van der Waals surface area contributed by atoms with E-state index in [1.165, 1.54) is 0 Å². The summed E-state index contributed by atoms with van der Waals surface area (Å²) in [5.41, 5.74) is 0. The Morgan fingerprint density at radius 3 is 2.47 bits per heavy atom. The van der Waals surface area contributed by atoms with Crippen LogP contribution in [0.15, 0.2) is 0 Å². The van der Waals surface area contributed by atoms with Gasteiger partial charge in [0.05, 0.1) is 6.42 Å². The third kappa shape index (κ3) is 4.09. The van der Waals surface area contributed by atoms with Gasteiger partial charge in [-0.25, -0.2) is 4.79 Å². The van der Waals surface area contributed by atoms with E-state index in [0.29, 0.717) is 5.92 Å². The lowest BCUT2D eigenvalue weighted by atomic mass is 10.1. The topological polar surface area (TPSA) is 81.7 Å². The number of rotatable bonds is 5. The zero-order valence-electron chi connectivity index (χ0n) is 11.4. The summed E-state index contributed by atoms with van der Waals surface area (Å²) in [4.78, 5) is 24.7. The molecular weight excluding hydrogens is 246 g/mol. The fraction of sp³-hybridized carbons (Fsp3) is 0.846. The van der Waals surface area contributed by atoms with Crippen LogP contribution in [-0.4, -0.2) is 54.2 Å². The van der Waals surface area contributed by atoms with Gasteiger partial charge in [-0.1, -0.05) is 0 Å². The first kappa shape index (κ1) is 14.1. The van der Waals surface area contributed by atoms with E-state index in [1.807, 2.05) is 0 Å². The van der Waals surface area contributed by atoms with Crippen LogP contribution in [0.4, 0.5) is 4.79 Å². The summed E-state index contributed by atoms with van der Waals surface area (Å²) in [7, 11) is 1.80. The number of hydrogen-bond donors (Lipinski definition) is 3. The summed E-state index contributed by atoms with van der Waals surface area (Å²) in [6, 6.07) is -0.0925. The van der Waals surface area contributed by atoms with E-state index in [2.05, 4.69) is 10.6 Å². The Hall–Kier alpha value is -1.30. The van der Waals surface area contributed by atoms with Crippen molar-refractivity contribution in [2.24, 2.45) is 5.92 Å². The molecule has 6 nitrogen and oxygen atoms in total. The highest BCUT2D eigenvalue weighted by atomic mass is 16.4. The second kappa shape index (κ2) is 6.23. The Morgan fingerprint density at radius 2 is 1.95 bits per heavy atom. The normalized spacial score (nSPS) is 21.7. The molecule has 2 fully saturated rings. The fourth-order valence-electron chi connectivity index (χ4n) is 2.64. The number of carbonyl (C=O) groups excluding carboxylic acids is 1. The molecule has 1 aliphatic carbocycles. The van der Waals surface area contributed by atoms with Crippen molar-refractivity contribution < 1.29 is 14.7 Å². The van der Waals surface area contributed by atoms with E-state index in [-0.39, 0.29) is 24.5 Å². The van der Waals surface area contributed by atoms with Gasteiger partial charge in [-0.05, 0) is 44.7 Å². The number of nitrogens with zero attached hydrogens (tertiary/aromatic N) is 1. The number of nitrogens with one attached hydrogen (secondary N) is 2. The molecule has 0 aromatic heterocycles. The Balaban J connectivity index is 1.85. The Kier molecular flexibility index (Phi) is 4.63. The molecule has 0 spiro atoms. The van der Waals surface area contributed by atoms with E-state index >= 15 is 0 Å². The van der Waals surface area contributed by atoms with Crippen molar-refractivity contribution >= 4 is 12.0 Å². The lowest BCUT2D eigenvalue weighted by Gasteiger charge is -2.32. The van der Waals surface area contributed by atoms with Crippen molar-refractivity contribution in [2.75, 3.05) is 20.1 Å². The quantitative estimate of drug-likeness (QED) is 0.684. The van der Waals surface area contributed by atoms with Crippen LogP contribution in [0.25, 0.3) is 0 Å². The SMILES string of the molecule is CN(C(=O)NC(CC(=O)O)C1CC1)C1CCNCC1. The van der Waals surface area contributed by atoms with Gasteiger partial charge >= 0.3 is 12.0 Å². The van der Waals surface area contributed by atoms with Gasteiger partial charge in [0.1, 0.15) is 0 Å². The fourth-order valence-corrected chi connectivity index (χ4v) is 2.64. The monoisotopic (exact) mass is 269 g/mol. The van der Waals surface area contributed by atoms with E-state index in [1.54, 1.807) is 11.9 Å². The Morgan fingerprint density at radius 1 is 1.32 bits per heavy atom. The van der Waals surface area contributed by atoms with Gasteiger partial charge in [0, 0.05) is 19.1 Å². The van der Waals surface area contributed by atoms with Crippen molar-refractivity contribution in [1.29, 1.82) is 0 Å². The summed E-state index contributed by atoms with van der Waals surface area (Å²) in [5, 5.41) is 15.0. The zero-order chi connectivity index (χ0) is 13.8. The first-order valence-electron chi connectivity index (χ1n) is 7.03. The number of hydrogen-bond acceptors (Lipinski definition) is 3. The molecule has 2 amide bonds. The maximum Gasteiger partial charge on any atom is 0.317 e. The smallest absolute Gasteiger partial charge is 0.317 e. The largest absolute Gasteiger partial charge is 0.481 e. The second-order valence-electron chi connectivity index (χ2n) is 5.58. The predicted octanol–water partition coefficient (Wildman–Crippen LogP) is 0.633. The third-order valence-electron chi connectivity index (χ3n) is 4.07. The molecule has 1 aliphatic heterocycles. The molecule has 1 atom stereocenters. The number of amides is 2. The van der Waals surface area contributed by atoms with E-state index in [9.17, 15) is 9.59 Å². The summed E-state index contributed by atoms with van der Waals surface area (Å²) in [6.07, 6.45) is 3.98. The van der Waals surface area contributed by atoms with Gasteiger partial charge in [-0.15, -0.1) is 0 Å². The first-order chi connectivity index (χ1) is 9.08. The molecule has 19 heavy (non-hydrogen) atoms. The molecule has 1 unspecified atom stereocenters. The summed E-state index contributed by atoms with van der Waals surface area (Å²) in [5.74, 6) is -0.497. The zero-order valence-corrected chi connectivity index (χ0v) is 11.4.